The number of alkyl halides is 3. The van der Waals surface area contributed by atoms with Crippen LogP contribution < -0.4 is 10.0 Å². The number of hydrogen-bond donors (Lipinski definition) is 0. The monoisotopic (exact) mass is 366 g/mol. The van der Waals surface area contributed by atoms with Crippen molar-refractivity contribution in [3.8, 4) is 0 Å². The minimum Gasteiger partial charge on any atom is -0.545 e. The molecule has 0 saturated carbocycles. The lowest BCUT2D eigenvalue weighted by atomic mass is 10.1. The van der Waals surface area contributed by atoms with E-state index in [2.05, 4.69) is 0 Å². The fourth-order valence-electron chi connectivity index (χ4n) is 2.69. The summed E-state index contributed by atoms with van der Waals surface area (Å²) >= 11 is 1.06. The van der Waals surface area contributed by atoms with E-state index in [1.807, 2.05) is 0 Å². The van der Waals surface area contributed by atoms with Gasteiger partial charge in [-0.25, -0.2) is 0 Å². The minimum absolute atomic E-state index is 0.00636. The maximum atomic E-state index is 13.3. The Bertz CT molecular complexity index is 838. The Kier molecular flexibility index (Phi) is 4.47. The van der Waals surface area contributed by atoms with Crippen LogP contribution in [0.25, 0.3) is 0 Å². The van der Waals surface area contributed by atoms with E-state index in [-0.39, 0.29) is 28.5 Å². The van der Waals surface area contributed by atoms with Gasteiger partial charge in [0.15, 0.2) is 0 Å². The highest BCUT2D eigenvalue weighted by Gasteiger charge is 2.40. The van der Waals surface area contributed by atoms with Gasteiger partial charge < -0.3 is 9.90 Å². The van der Waals surface area contributed by atoms with Crippen LogP contribution >= 0.6 is 11.8 Å². The lowest BCUT2D eigenvalue weighted by Crippen LogP contribution is -2.30. The Balaban J connectivity index is 2.08. The van der Waals surface area contributed by atoms with Gasteiger partial charge in [0.05, 0.1) is 17.3 Å². The van der Waals surface area contributed by atoms with Gasteiger partial charge in [0.2, 0.25) is 5.91 Å². The van der Waals surface area contributed by atoms with E-state index in [0.29, 0.717) is 0 Å². The summed E-state index contributed by atoms with van der Waals surface area (Å²) in [5.41, 5.74) is -0.781. The van der Waals surface area contributed by atoms with Crippen LogP contribution in [-0.4, -0.2) is 17.6 Å². The molecule has 25 heavy (non-hydrogen) atoms. The summed E-state index contributed by atoms with van der Waals surface area (Å²) in [5.74, 6) is -1.80. The number of nitrogens with zero attached hydrogens (tertiary/aromatic N) is 1. The number of rotatable bonds is 3. The van der Waals surface area contributed by atoms with Gasteiger partial charge in [0.25, 0.3) is 0 Å². The van der Waals surface area contributed by atoms with Crippen molar-refractivity contribution in [2.75, 3.05) is 10.7 Å². The van der Waals surface area contributed by atoms with E-state index in [4.69, 9.17) is 0 Å². The fourth-order valence-corrected chi connectivity index (χ4v) is 3.90. The molecular weight excluding hydrogens is 355 g/mol. The van der Waals surface area contributed by atoms with Crippen LogP contribution in [0.5, 0.6) is 0 Å². The van der Waals surface area contributed by atoms with Gasteiger partial charge in [0.1, 0.15) is 5.37 Å². The summed E-state index contributed by atoms with van der Waals surface area (Å²) in [4.78, 5) is 24.5. The molecule has 1 aliphatic heterocycles. The standard InChI is InChI=1S/C17H12F3NO3S/c18-17(19,20)13-7-2-1-6-12(13)15-21(14(22)9-25-15)11-5-3-4-10(8-11)16(23)24/h1-8,15H,9H2,(H,23,24)/p-1. The number of halogens is 3. The van der Waals surface area contributed by atoms with Crippen LogP contribution in [0.3, 0.4) is 0 Å². The summed E-state index contributed by atoms with van der Waals surface area (Å²) in [6.45, 7) is 0. The molecule has 1 fully saturated rings. The average Bonchev–Trinajstić information content (AvgIpc) is 2.95. The molecule has 0 N–H and O–H groups in total. The smallest absolute Gasteiger partial charge is 0.416 e. The van der Waals surface area contributed by atoms with Gasteiger partial charge >= 0.3 is 6.18 Å². The summed E-state index contributed by atoms with van der Waals surface area (Å²) in [6, 6.07) is 10.5. The summed E-state index contributed by atoms with van der Waals surface area (Å²) in [6.07, 6.45) is -4.55. The molecule has 130 valence electrons. The number of carboxylic acids is 1. The molecule has 0 aliphatic carbocycles. The van der Waals surface area contributed by atoms with Crippen LogP contribution in [-0.2, 0) is 11.0 Å². The summed E-state index contributed by atoms with van der Waals surface area (Å²) in [7, 11) is 0. The van der Waals surface area contributed by atoms with Crippen LogP contribution in [0, 0.1) is 0 Å². The highest BCUT2D eigenvalue weighted by Crippen LogP contribution is 2.46. The third-order valence-corrected chi connectivity index (χ3v) is 4.95. The van der Waals surface area contributed by atoms with Crippen LogP contribution in [0.2, 0.25) is 0 Å². The first-order valence-corrected chi connectivity index (χ1v) is 8.25. The highest BCUT2D eigenvalue weighted by molar-refractivity contribution is 8.00. The summed E-state index contributed by atoms with van der Waals surface area (Å²) in [5, 5.41) is 10.1. The van der Waals surface area contributed by atoms with Gasteiger partial charge in [0, 0.05) is 5.69 Å². The Morgan fingerprint density at radius 3 is 2.56 bits per heavy atom. The predicted molar refractivity (Wildman–Crippen MR) is 84.9 cm³/mol. The molecule has 0 spiro atoms. The molecule has 1 atom stereocenters. The molecule has 0 radical (unpaired) electrons. The predicted octanol–water partition coefficient (Wildman–Crippen LogP) is 2.85. The number of aromatic carboxylic acids is 1. The average molecular weight is 366 g/mol. The SMILES string of the molecule is O=C([O-])c1cccc(N2C(=O)CSC2c2ccccc2C(F)(F)F)c1. The number of carbonyl (C=O) groups is 2. The van der Waals surface area contributed by atoms with Crippen molar-refractivity contribution in [2.45, 2.75) is 11.6 Å². The fraction of sp³-hybridized carbons (Fsp3) is 0.176. The van der Waals surface area contributed by atoms with Crippen molar-refractivity contribution in [1.82, 2.24) is 0 Å². The number of thioether (sulfide) groups is 1. The summed E-state index contributed by atoms with van der Waals surface area (Å²) < 4.78 is 39.9. The molecule has 2 aromatic carbocycles. The molecule has 1 amide bonds. The molecule has 1 aliphatic rings. The lowest BCUT2D eigenvalue weighted by Gasteiger charge is -2.27. The Hall–Kier alpha value is -2.48. The second-order valence-corrected chi connectivity index (χ2v) is 6.42. The van der Waals surface area contributed by atoms with Gasteiger partial charge in [-0.1, -0.05) is 30.3 Å². The van der Waals surface area contributed by atoms with E-state index in [9.17, 15) is 27.9 Å². The van der Waals surface area contributed by atoms with Gasteiger partial charge in [-0.15, -0.1) is 11.8 Å². The molecule has 0 bridgehead atoms. The molecule has 1 unspecified atom stereocenters. The third kappa shape index (κ3) is 3.34. The molecule has 8 heteroatoms. The molecular formula is C17H11F3NO3S-. The van der Waals surface area contributed by atoms with Gasteiger partial charge in [-0.2, -0.15) is 13.2 Å². The van der Waals surface area contributed by atoms with Crippen molar-refractivity contribution < 1.29 is 27.9 Å². The molecule has 0 aromatic heterocycles. The van der Waals surface area contributed by atoms with E-state index >= 15 is 0 Å². The first-order valence-electron chi connectivity index (χ1n) is 7.20. The largest absolute Gasteiger partial charge is 0.545 e. The second-order valence-electron chi connectivity index (χ2n) is 5.35. The second kappa shape index (κ2) is 6.44. The third-order valence-electron chi connectivity index (χ3n) is 3.76. The maximum Gasteiger partial charge on any atom is 0.416 e. The first kappa shape index (κ1) is 17.3. The normalized spacial score (nSPS) is 17.8. The van der Waals surface area contributed by atoms with Gasteiger partial charge in [-0.05, 0) is 29.3 Å². The van der Waals surface area contributed by atoms with Crippen LogP contribution in [0.1, 0.15) is 26.9 Å². The van der Waals surface area contributed by atoms with E-state index in [1.54, 1.807) is 0 Å². The van der Waals surface area contributed by atoms with Crippen LogP contribution in [0.15, 0.2) is 48.5 Å². The lowest BCUT2D eigenvalue weighted by molar-refractivity contribution is -0.255. The zero-order valence-electron chi connectivity index (χ0n) is 12.6. The quantitative estimate of drug-likeness (QED) is 0.838. The zero-order valence-corrected chi connectivity index (χ0v) is 13.4. The Morgan fingerprint density at radius 1 is 1.16 bits per heavy atom. The van der Waals surface area contributed by atoms with Crippen molar-refractivity contribution in [1.29, 1.82) is 0 Å². The maximum absolute atomic E-state index is 13.3. The zero-order chi connectivity index (χ0) is 18.2. The molecule has 1 heterocycles. The molecule has 3 rings (SSSR count). The number of anilines is 1. The van der Waals surface area contributed by atoms with Crippen molar-refractivity contribution in [3.63, 3.8) is 0 Å². The minimum atomic E-state index is -4.55. The van der Waals surface area contributed by atoms with Crippen LogP contribution in [0.4, 0.5) is 18.9 Å². The Morgan fingerprint density at radius 2 is 1.88 bits per heavy atom. The van der Waals surface area contributed by atoms with Crippen molar-refractivity contribution in [3.05, 3.63) is 65.2 Å². The highest BCUT2D eigenvalue weighted by atomic mass is 32.2. The molecule has 2 aromatic rings. The first-order chi connectivity index (χ1) is 11.8. The number of carbonyl (C=O) groups excluding carboxylic acids is 2. The molecule has 4 nitrogen and oxygen atoms in total. The van der Waals surface area contributed by atoms with E-state index < -0.39 is 23.1 Å². The molecule has 1 saturated heterocycles. The number of hydrogen-bond acceptors (Lipinski definition) is 4. The van der Waals surface area contributed by atoms with Crippen molar-refractivity contribution >= 4 is 29.3 Å². The van der Waals surface area contributed by atoms with E-state index in [1.165, 1.54) is 47.4 Å². The van der Waals surface area contributed by atoms with Gasteiger partial charge in [-0.3, -0.25) is 9.69 Å². The topological polar surface area (TPSA) is 60.4 Å². The number of carboxylic acid groups (broad SMARTS) is 1. The van der Waals surface area contributed by atoms with E-state index in [0.717, 1.165) is 17.8 Å². The number of benzene rings is 2. The van der Waals surface area contributed by atoms with Crippen molar-refractivity contribution in [2.24, 2.45) is 0 Å². The Labute approximate surface area is 145 Å². The number of amides is 1.